The van der Waals surface area contributed by atoms with Gasteiger partial charge in [0.2, 0.25) is 5.89 Å². The molecule has 1 amide bonds. The summed E-state index contributed by atoms with van der Waals surface area (Å²) in [6.07, 6.45) is 0. The van der Waals surface area contributed by atoms with E-state index in [4.69, 9.17) is 13.9 Å². The molecular formula is C17H17N5O4. The fraction of sp³-hybridized carbons (Fsp3) is 0.294. The number of hydrogen-bond donors (Lipinski definition) is 1. The quantitative estimate of drug-likeness (QED) is 0.765. The number of hydrogen-bond acceptors (Lipinski definition) is 7. The highest BCUT2D eigenvalue weighted by Crippen LogP contribution is 2.34. The second-order valence-corrected chi connectivity index (χ2v) is 5.71. The van der Waals surface area contributed by atoms with Crippen molar-refractivity contribution in [1.82, 2.24) is 20.0 Å². The number of carbonyl (C=O) groups excluding carboxylic acids is 1. The average Bonchev–Trinajstić information content (AvgIpc) is 3.27. The zero-order valence-electron chi connectivity index (χ0n) is 14.4. The van der Waals surface area contributed by atoms with Crippen molar-refractivity contribution in [1.29, 1.82) is 0 Å². The Bertz CT molecular complexity index is 962. The molecule has 1 aliphatic heterocycles. The molecule has 0 radical (unpaired) electrons. The summed E-state index contributed by atoms with van der Waals surface area (Å²) in [7, 11) is 0. The normalized spacial score (nSPS) is 12.8. The standard InChI is InChI=1S/C17H17N5O4/c1-3-22-10(2)8-12(21-22)15(23)18-17-20-19-16(26-17)11-4-5-13-14(9-11)25-7-6-24-13/h4-5,8-9H,3,6-7H2,1-2H3,(H,18,20,23). The van der Waals surface area contributed by atoms with Crippen LogP contribution in [0.1, 0.15) is 23.1 Å². The van der Waals surface area contributed by atoms with Gasteiger partial charge in [-0.3, -0.25) is 14.8 Å². The second kappa shape index (κ2) is 6.51. The lowest BCUT2D eigenvalue weighted by atomic mass is 10.2. The highest BCUT2D eigenvalue weighted by molar-refractivity contribution is 6.01. The van der Waals surface area contributed by atoms with Gasteiger partial charge in [0.25, 0.3) is 5.91 Å². The summed E-state index contributed by atoms with van der Waals surface area (Å²) in [6, 6.07) is 7.05. The van der Waals surface area contributed by atoms with E-state index in [1.165, 1.54) is 0 Å². The Morgan fingerprint density at radius 3 is 2.77 bits per heavy atom. The summed E-state index contributed by atoms with van der Waals surface area (Å²) in [6.45, 7) is 5.55. The molecule has 0 unspecified atom stereocenters. The van der Waals surface area contributed by atoms with Crippen LogP contribution in [0, 0.1) is 6.92 Å². The summed E-state index contributed by atoms with van der Waals surface area (Å²) >= 11 is 0. The average molecular weight is 355 g/mol. The van der Waals surface area contributed by atoms with Crippen LogP contribution in [0.15, 0.2) is 28.7 Å². The van der Waals surface area contributed by atoms with Gasteiger partial charge in [0.05, 0.1) is 0 Å². The van der Waals surface area contributed by atoms with E-state index >= 15 is 0 Å². The number of nitrogens with one attached hydrogen (secondary N) is 1. The molecular weight excluding hydrogens is 338 g/mol. The lowest BCUT2D eigenvalue weighted by molar-refractivity contribution is 0.101. The minimum Gasteiger partial charge on any atom is -0.486 e. The second-order valence-electron chi connectivity index (χ2n) is 5.71. The fourth-order valence-corrected chi connectivity index (χ4v) is 2.67. The maximum atomic E-state index is 12.3. The molecule has 3 aromatic rings. The first-order valence-corrected chi connectivity index (χ1v) is 8.23. The number of benzene rings is 1. The predicted molar refractivity (Wildman–Crippen MR) is 91.3 cm³/mol. The maximum absolute atomic E-state index is 12.3. The van der Waals surface area contributed by atoms with Gasteiger partial charge in [-0.15, -0.1) is 5.10 Å². The van der Waals surface area contributed by atoms with E-state index in [-0.39, 0.29) is 11.9 Å². The van der Waals surface area contributed by atoms with Gasteiger partial charge in [0.15, 0.2) is 17.2 Å². The van der Waals surface area contributed by atoms with Crippen molar-refractivity contribution in [2.24, 2.45) is 0 Å². The number of anilines is 1. The Morgan fingerprint density at radius 1 is 1.19 bits per heavy atom. The minimum atomic E-state index is -0.405. The molecule has 0 spiro atoms. The van der Waals surface area contributed by atoms with E-state index in [1.807, 2.05) is 13.8 Å². The number of carbonyl (C=O) groups is 1. The van der Waals surface area contributed by atoms with Crippen molar-refractivity contribution in [3.63, 3.8) is 0 Å². The van der Waals surface area contributed by atoms with E-state index in [0.29, 0.717) is 42.5 Å². The van der Waals surface area contributed by atoms with Gasteiger partial charge in [-0.05, 0) is 38.1 Å². The van der Waals surface area contributed by atoms with Gasteiger partial charge < -0.3 is 13.9 Å². The molecule has 0 fully saturated rings. The molecule has 134 valence electrons. The lowest BCUT2D eigenvalue weighted by Crippen LogP contribution is -2.15. The van der Waals surface area contributed by atoms with Crippen LogP contribution in [-0.2, 0) is 6.54 Å². The number of rotatable bonds is 4. The van der Waals surface area contributed by atoms with Crippen LogP contribution in [0.2, 0.25) is 0 Å². The van der Waals surface area contributed by atoms with E-state index in [2.05, 4.69) is 20.6 Å². The van der Waals surface area contributed by atoms with Gasteiger partial charge in [0, 0.05) is 17.8 Å². The van der Waals surface area contributed by atoms with E-state index in [9.17, 15) is 4.79 Å². The molecule has 0 saturated heterocycles. The number of amides is 1. The molecule has 1 aliphatic rings. The molecule has 0 aliphatic carbocycles. The Morgan fingerprint density at radius 2 is 2.00 bits per heavy atom. The molecule has 0 atom stereocenters. The molecule has 4 rings (SSSR count). The Hall–Kier alpha value is -3.36. The summed E-state index contributed by atoms with van der Waals surface area (Å²) in [4.78, 5) is 12.3. The van der Waals surface area contributed by atoms with Crippen LogP contribution in [0.25, 0.3) is 11.5 Å². The van der Waals surface area contributed by atoms with Crippen molar-refractivity contribution < 1.29 is 18.7 Å². The number of fused-ring (bicyclic) bond motifs is 1. The van der Waals surface area contributed by atoms with Crippen LogP contribution < -0.4 is 14.8 Å². The van der Waals surface area contributed by atoms with Crippen LogP contribution in [0.3, 0.4) is 0 Å². The van der Waals surface area contributed by atoms with Crippen molar-refractivity contribution in [2.45, 2.75) is 20.4 Å². The zero-order valence-corrected chi connectivity index (χ0v) is 14.4. The Kier molecular flexibility index (Phi) is 4.04. The molecule has 1 aromatic carbocycles. The monoisotopic (exact) mass is 355 g/mol. The highest BCUT2D eigenvalue weighted by atomic mass is 16.6. The Balaban J connectivity index is 1.51. The van der Waals surface area contributed by atoms with Crippen LogP contribution in [0.4, 0.5) is 6.01 Å². The molecule has 0 saturated carbocycles. The molecule has 1 N–H and O–H groups in total. The number of aromatic nitrogens is 4. The van der Waals surface area contributed by atoms with Gasteiger partial charge >= 0.3 is 6.01 Å². The van der Waals surface area contributed by atoms with Crippen LogP contribution >= 0.6 is 0 Å². The lowest BCUT2D eigenvalue weighted by Gasteiger charge is -2.18. The largest absolute Gasteiger partial charge is 0.486 e. The highest BCUT2D eigenvalue weighted by Gasteiger charge is 2.18. The predicted octanol–water partition coefficient (Wildman–Crippen LogP) is 2.28. The first-order chi connectivity index (χ1) is 12.6. The van der Waals surface area contributed by atoms with Crippen LogP contribution in [-0.4, -0.2) is 39.1 Å². The summed E-state index contributed by atoms with van der Waals surface area (Å²) in [5.74, 6) is 1.17. The third-order valence-electron chi connectivity index (χ3n) is 3.95. The van der Waals surface area contributed by atoms with Crippen molar-refractivity contribution in [3.05, 3.63) is 35.7 Å². The van der Waals surface area contributed by atoms with Gasteiger partial charge in [-0.25, -0.2) is 0 Å². The van der Waals surface area contributed by atoms with Crippen LogP contribution in [0.5, 0.6) is 11.5 Å². The van der Waals surface area contributed by atoms with Crippen molar-refractivity contribution in [3.8, 4) is 23.0 Å². The third-order valence-corrected chi connectivity index (χ3v) is 3.95. The number of nitrogens with zero attached hydrogens (tertiary/aromatic N) is 4. The molecule has 2 aromatic heterocycles. The first kappa shape index (κ1) is 16.1. The van der Waals surface area contributed by atoms with Crippen molar-refractivity contribution in [2.75, 3.05) is 18.5 Å². The number of ether oxygens (including phenoxy) is 2. The number of aryl methyl sites for hydroxylation is 2. The molecule has 26 heavy (non-hydrogen) atoms. The summed E-state index contributed by atoms with van der Waals surface area (Å²) in [5, 5.41) is 14.6. The van der Waals surface area contributed by atoms with E-state index in [1.54, 1.807) is 28.9 Å². The van der Waals surface area contributed by atoms with Gasteiger partial charge in [-0.1, -0.05) is 5.10 Å². The van der Waals surface area contributed by atoms with E-state index < -0.39 is 5.91 Å². The smallest absolute Gasteiger partial charge is 0.322 e. The Labute approximate surface area is 148 Å². The minimum absolute atomic E-state index is 0.00332. The van der Waals surface area contributed by atoms with Gasteiger partial charge in [-0.2, -0.15) is 5.10 Å². The zero-order chi connectivity index (χ0) is 18.1. The molecule has 0 bridgehead atoms. The fourth-order valence-electron chi connectivity index (χ4n) is 2.67. The topological polar surface area (TPSA) is 104 Å². The summed E-state index contributed by atoms with van der Waals surface area (Å²) < 4.78 is 18.3. The van der Waals surface area contributed by atoms with Crippen molar-refractivity contribution >= 4 is 11.9 Å². The maximum Gasteiger partial charge on any atom is 0.322 e. The third kappa shape index (κ3) is 2.99. The molecule has 9 nitrogen and oxygen atoms in total. The first-order valence-electron chi connectivity index (χ1n) is 8.23. The van der Waals surface area contributed by atoms with Gasteiger partial charge in [0.1, 0.15) is 13.2 Å². The SMILES string of the molecule is CCn1nc(C(=O)Nc2nnc(-c3ccc4c(c3)OCCO4)o2)cc1C. The van der Waals surface area contributed by atoms with E-state index in [0.717, 1.165) is 5.69 Å². The molecule has 3 heterocycles. The molecule has 9 heteroatoms. The summed E-state index contributed by atoms with van der Waals surface area (Å²) in [5.41, 5.74) is 1.87.